The highest BCUT2D eigenvalue weighted by Crippen LogP contribution is 2.15. The second kappa shape index (κ2) is 9.02. The lowest BCUT2D eigenvalue weighted by atomic mass is 10.1. The van der Waals surface area contributed by atoms with Crippen molar-refractivity contribution in [3.05, 3.63) is 102 Å². The predicted molar refractivity (Wildman–Crippen MR) is 107 cm³/mol. The summed E-state index contributed by atoms with van der Waals surface area (Å²) in [7, 11) is 0. The van der Waals surface area contributed by atoms with Gasteiger partial charge in [0.05, 0.1) is 0 Å². The van der Waals surface area contributed by atoms with Gasteiger partial charge in [0.15, 0.2) is 0 Å². The number of anilines is 1. The van der Waals surface area contributed by atoms with Gasteiger partial charge in [-0.05, 0) is 60.5 Å². The fraction of sp³-hybridized carbons (Fsp3) is 0.0435. The Kier molecular flexibility index (Phi) is 6.00. The molecular formula is C23H18N2O2. The minimum atomic E-state index is -0.194. The molecule has 0 aliphatic carbocycles. The van der Waals surface area contributed by atoms with Crippen LogP contribution in [-0.4, -0.2) is 17.5 Å². The molecule has 0 atom stereocenters. The van der Waals surface area contributed by atoms with Gasteiger partial charge >= 0.3 is 0 Å². The molecule has 1 heterocycles. The maximum absolute atomic E-state index is 12.4. The average molecular weight is 354 g/mol. The summed E-state index contributed by atoms with van der Waals surface area (Å²) in [4.78, 5) is 16.6. The number of benzene rings is 2. The minimum absolute atomic E-state index is 0.194. The number of amides is 1. The molecular weight excluding hydrogens is 336 g/mol. The Bertz CT molecular complexity index is 984. The van der Waals surface area contributed by atoms with E-state index in [2.05, 4.69) is 28.7 Å². The number of nitrogens with one attached hydrogen (secondary N) is 1. The molecule has 0 saturated heterocycles. The number of rotatable bonds is 5. The van der Waals surface area contributed by atoms with Gasteiger partial charge in [0.2, 0.25) is 0 Å². The Morgan fingerprint density at radius 1 is 1.07 bits per heavy atom. The second-order valence-electron chi connectivity index (χ2n) is 5.62. The van der Waals surface area contributed by atoms with E-state index < -0.39 is 0 Å². The van der Waals surface area contributed by atoms with Crippen LogP contribution in [0.1, 0.15) is 21.6 Å². The van der Waals surface area contributed by atoms with Gasteiger partial charge in [-0.25, -0.2) is 4.98 Å². The third kappa shape index (κ3) is 5.32. The molecule has 0 radical (unpaired) electrons. The van der Waals surface area contributed by atoms with Crippen LogP contribution < -0.4 is 10.1 Å². The van der Waals surface area contributed by atoms with Crippen LogP contribution in [0.3, 0.4) is 0 Å². The van der Waals surface area contributed by atoms with E-state index in [0.29, 0.717) is 29.3 Å². The molecule has 0 unspecified atom stereocenters. The van der Waals surface area contributed by atoms with Crippen molar-refractivity contribution in [3.63, 3.8) is 0 Å². The summed E-state index contributed by atoms with van der Waals surface area (Å²) in [5.74, 6) is 6.55. The molecule has 4 nitrogen and oxygen atoms in total. The van der Waals surface area contributed by atoms with Crippen LogP contribution in [-0.2, 0) is 0 Å². The second-order valence-corrected chi connectivity index (χ2v) is 5.62. The lowest BCUT2D eigenvalue weighted by Gasteiger charge is -2.07. The maximum Gasteiger partial charge on any atom is 0.255 e. The van der Waals surface area contributed by atoms with Gasteiger partial charge < -0.3 is 10.1 Å². The van der Waals surface area contributed by atoms with E-state index in [9.17, 15) is 4.79 Å². The number of ether oxygens (including phenoxy) is 1. The monoisotopic (exact) mass is 354 g/mol. The highest BCUT2D eigenvalue weighted by molar-refractivity contribution is 6.04. The Morgan fingerprint density at radius 3 is 2.67 bits per heavy atom. The highest BCUT2D eigenvalue weighted by Gasteiger charge is 2.06. The number of aromatic nitrogens is 1. The van der Waals surface area contributed by atoms with Gasteiger partial charge in [-0.3, -0.25) is 4.79 Å². The third-order valence-corrected chi connectivity index (χ3v) is 3.60. The van der Waals surface area contributed by atoms with Crippen molar-refractivity contribution in [2.24, 2.45) is 0 Å². The highest BCUT2D eigenvalue weighted by atomic mass is 16.5. The zero-order valence-corrected chi connectivity index (χ0v) is 14.7. The maximum atomic E-state index is 12.4. The fourth-order valence-corrected chi connectivity index (χ4v) is 2.31. The van der Waals surface area contributed by atoms with Crippen LogP contribution in [0, 0.1) is 11.8 Å². The van der Waals surface area contributed by atoms with Crippen LogP contribution >= 0.6 is 0 Å². The summed E-state index contributed by atoms with van der Waals surface area (Å²) < 4.78 is 5.42. The van der Waals surface area contributed by atoms with Gasteiger partial charge in [0.25, 0.3) is 5.91 Å². The SMILES string of the molecule is C=CCOc1ccc(C(=O)Nc2cccc(C#Cc3ccccn3)c2)cc1. The molecule has 4 heteroatoms. The molecule has 1 N–H and O–H groups in total. The standard InChI is InChI=1S/C23H18N2O2/c1-2-16-27-22-13-10-19(11-14-22)23(26)25-21-8-5-6-18(17-21)9-12-20-7-3-4-15-24-20/h2-8,10-11,13-15,17H,1,16H2,(H,25,26). The van der Waals surface area contributed by atoms with Crippen molar-refractivity contribution in [3.8, 4) is 17.6 Å². The van der Waals surface area contributed by atoms with E-state index in [-0.39, 0.29) is 5.91 Å². The summed E-state index contributed by atoms with van der Waals surface area (Å²) in [5, 5.41) is 2.88. The van der Waals surface area contributed by atoms with E-state index in [1.54, 1.807) is 36.5 Å². The van der Waals surface area contributed by atoms with Crippen molar-refractivity contribution < 1.29 is 9.53 Å². The van der Waals surface area contributed by atoms with Crippen LogP contribution in [0.2, 0.25) is 0 Å². The van der Waals surface area contributed by atoms with Crippen LogP contribution in [0.25, 0.3) is 0 Å². The Hall–Kier alpha value is -3.84. The van der Waals surface area contributed by atoms with Crippen molar-refractivity contribution in [1.29, 1.82) is 0 Å². The van der Waals surface area contributed by atoms with Gasteiger partial charge in [-0.2, -0.15) is 0 Å². The van der Waals surface area contributed by atoms with E-state index in [1.165, 1.54) is 0 Å². The van der Waals surface area contributed by atoms with Crippen LogP contribution in [0.4, 0.5) is 5.69 Å². The fourth-order valence-electron chi connectivity index (χ4n) is 2.31. The van der Waals surface area contributed by atoms with E-state index in [4.69, 9.17) is 4.74 Å². The first-order valence-electron chi connectivity index (χ1n) is 8.43. The number of pyridine rings is 1. The van der Waals surface area contributed by atoms with Crippen molar-refractivity contribution in [1.82, 2.24) is 4.98 Å². The minimum Gasteiger partial charge on any atom is -0.490 e. The van der Waals surface area contributed by atoms with Gasteiger partial charge in [-0.1, -0.05) is 30.7 Å². The molecule has 0 aliphatic rings. The summed E-state index contributed by atoms with van der Waals surface area (Å²) in [6, 6.07) is 19.9. The molecule has 0 bridgehead atoms. The van der Waals surface area contributed by atoms with Gasteiger partial charge in [0, 0.05) is 23.0 Å². The number of carbonyl (C=O) groups is 1. The van der Waals surface area contributed by atoms with Crippen LogP contribution in [0.15, 0.2) is 85.6 Å². The van der Waals surface area contributed by atoms with Gasteiger partial charge in [0.1, 0.15) is 18.1 Å². The molecule has 0 spiro atoms. The lowest BCUT2D eigenvalue weighted by Crippen LogP contribution is -2.11. The summed E-state index contributed by atoms with van der Waals surface area (Å²) in [5.41, 5.74) is 2.73. The quantitative estimate of drug-likeness (QED) is 0.549. The Balaban J connectivity index is 1.68. The first-order valence-corrected chi connectivity index (χ1v) is 8.43. The van der Waals surface area contributed by atoms with E-state index in [0.717, 1.165) is 5.56 Å². The molecule has 27 heavy (non-hydrogen) atoms. The predicted octanol–water partition coefficient (Wildman–Crippen LogP) is 4.30. The Morgan fingerprint density at radius 2 is 1.93 bits per heavy atom. The molecule has 1 amide bonds. The third-order valence-electron chi connectivity index (χ3n) is 3.60. The normalized spacial score (nSPS) is 9.63. The molecule has 2 aromatic carbocycles. The zero-order valence-electron chi connectivity index (χ0n) is 14.7. The molecule has 3 aromatic rings. The largest absolute Gasteiger partial charge is 0.490 e. The van der Waals surface area contributed by atoms with Gasteiger partial charge in [-0.15, -0.1) is 0 Å². The molecule has 0 fully saturated rings. The number of carbonyl (C=O) groups excluding carboxylic acids is 1. The number of hydrogen-bond acceptors (Lipinski definition) is 3. The van der Waals surface area contributed by atoms with E-state index >= 15 is 0 Å². The smallest absolute Gasteiger partial charge is 0.255 e. The van der Waals surface area contributed by atoms with Crippen LogP contribution in [0.5, 0.6) is 5.75 Å². The molecule has 3 rings (SSSR count). The number of nitrogens with zero attached hydrogens (tertiary/aromatic N) is 1. The van der Waals surface area contributed by atoms with Crippen molar-refractivity contribution >= 4 is 11.6 Å². The summed E-state index contributed by atoms with van der Waals surface area (Å²) in [6.07, 6.45) is 3.37. The summed E-state index contributed by atoms with van der Waals surface area (Å²) >= 11 is 0. The van der Waals surface area contributed by atoms with E-state index in [1.807, 2.05) is 42.5 Å². The molecule has 1 aromatic heterocycles. The lowest BCUT2D eigenvalue weighted by molar-refractivity contribution is 0.102. The Labute approximate surface area is 158 Å². The molecule has 0 saturated carbocycles. The molecule has 132 valence electrons. The molecule has 0 aliphatic heterocycles. The van der Waals surface area contributed by atoms with Crippen molar-refractivity contribution in [2.45, 2.75) is 0 Å². The number of hydrogen-bond donors (Lipinski definition) is 1. The van der Waals surface area contributed by atoms with Crippen molar-refractivity contribution in [2.75, 3.05) is 11.9 Å². The zero-order chi connectivity index (χ0) is 18.9. The first kappa shape index (κ1) is 18.0. The topological polar surface area (TPSA) is 51.2 Å². The summed E-state index contributed by atoms with van der Waals surface area (Å²) in [6.45, 7) is 4.03. The first-order chi connectivity index (χ1) is 13.2. The average Bonchev–Trinajstić information content (AvgIpc) is 2.72.